The van der Waals surface area contributed by atoms with Crippen molar-refractivity contribution < 1.29 is 14.3 Å². The number of hydrogen-bond donors (Lipinski definition) is 0. The molecule has 3 heteroatoms. The van der Waals surface area contributed by atoms with Gasteiger partial charge in [0.1, 0.15) is 5.76 Å². The number of rotatable bonds is 2. The van der Waals surface area contributed by atoms with E-state index < -0.39 is 6.29 Å². The maximum atomic E-state index is 11.2. The largest absolute Gasteiger partial charge is 0.458 e. The summed E-state index contributed by atoms with van der Waals surface area (Å²) in [4.78, 5) is 11.2. The van der Waals surface area contributed by atoms with Crippen LogP contribution in [0.2, 0.25) is 0 Å². The summed E-state index contributed by atoms with van der Waals surface area (Å²) in [5, 5.41) is 0. The van der Waals surface area contributed by atoms with Gasteiger partial charge in [-0.25, -0.2) is 4.79 Å². The van der Waals surface area contributed by atoms with Gasteiger partial charge in [-0.15, -0.1) is 0 Å². The zero-order valence-electron chi connectivity index (χ0n) is 9.34. The van der Waals surface area contributed by atoms with Crippen LogP contribution >= 0.6 is 0 Å². The molecule has 0 spiro atoms. The van der Waals surface area contributed by atoms with Crippen molar-refractivity contribution >= 4 is 5.97 Å². The molecule has 16 heavy (non-hydrogen) atoms. The molecule has 0 saturated carbocycles. The third kappa shape index (κ3) is 2.24. The molecular weight excluding hydrogens is 204 g/mol. The highest BCUT2D eigenvalue weighted by atomic mass is 16.7. The average Bonchev–Trinajstić information content (AvgIpc) is 2.28. The fraction of sp³-hybridized carbons (Fsp3) is 0.308. The molecule has 0 amide bonds. The maximum Gasteiger partial charge on any atom is 0.337 e. The quantitative estimate of drug-likeness (QED) is 0.716. The summed E-state index contributed by atoms with van der Waals surface area (Å²) in [5.41, 5.74) is 1.09. The van der Waals surface area contributed by atoms with Crippen molar-refractivity contribution in [1.29, 1.82) is 0 Å². The minimum Gasteiger partial charge on any atom is -0.458 e. The number of benzene rings is 1. The summed E-state index contributed by atoms with van der Waals surface area (Å²) < 4.78 is 10.6. The van der Waals surface area contributed by atoms with E-state index in [0.717, 1.165) is 5.56 Å². The van der Waals surface area contributed by atoms with Crippen molar-refractivity contribution in [1.82, 2.24) is 0 Å². The molecule has 1 heterocycles. The molecular formula is C13H14O3. The van der Waals surface area contributed by atoms with Gasteiger partial charge in [-0.1, -0.05) is 37.3 Å². The van der Waals surface area contributed by atoms with Crippen molar-refractivity contribution in [3.8, 4) is 0 Å². The molecule has 0 N–H and O–H groups in total. The Morgan fingerprint density at radius 3 is 2.50 bits per heavy atom. The van der Waals surface area contributed by atoms with Crippen LogP contribution in [-0.2, 0) is 14.3 Å². The lowest BCUT2D eigenvalue weighted by atomic mass is 10.0. The lowest BCUT2D eigenvalue weighted by Gasteiger charge is -2.27. The van der Waals surface area contributed by atoms with E-state index in [4.69, 9.17) is 9.47 Å². The zero-order valence-corrected chi connectivity index (χ0v) is 9.34. The monoisotopic (exact) mass is 218 g/mol. The number of carbonyl (C=O) groups is 1. The average molecular weight is 218 g/mol. The van der Waals surface area contributed by atoms with Crippen LogP contribution in [0.4, 0.5) is 0 Å². The molecule has 1 aliphatic heterocycles. The smallest absolute Gasteiger partial charge is 0.337 e. The number of carbonyl (C=O) groups excluding carboxylic acids is 1. The van der Waals surface area contributed by atoms with E-state index in [1.165, 1.54) is 6.08 Å². The van der Waals surface area contributed by atoms with Gasteiger partial charge in [0.05, 0.1) is 12.0 Å². The predicted molar refractivity (Wildman–Crippen MR) is 59.6 cm³/mol. The van der Waals surface area contributed by atoms with Crippen molar-refractivity contribution in [2.45, 2.75) is 26.1 Å². The minimum absolute atomic E-state index is 0.0220. The van der Waals surface area contributed by atoms with Gasteiger partial charge in [0, 0.05) is 0 Å². The van der Waals surface area contributed by atoms with E-state index >= 15 is 0 Å². The predicted octanol–water partition coefficient (Wildman–Crippen LogP) is 2.59. The van der Waals surface area contributed by atoms with Gasteiger partial charge in [-0.05, 0) is 12.5 Å². The fourth-order valence-electron chi connectivity index (χ4n) is 1.67. The highest BCUT2D eigenvalue weighted by molar-refractivity contribution is 5.83. The van der Waals surface area contributed by atoms with Crippen LogP contribution in [0, 0.1) is 0 Å². The second kappa shape index (κ2) is 4.39. The summed E-state index contributed by atoms with van der Waals surface area (Å²) in [6.07, 6.45) is 0.827. The normalized spacial score (nSPS) is 21.8. The van der Waals surface area contributed by atoms with E-state index in [9.17, 15) is 4.79 Å². The molecule has 2 atom stereocenters. The van der Waals surface area contributed by atoms with Gasteiger partial charge >= 0.3 is 5.97 Å². The SMILES string of the molecule is CC1=CC(=O)O[C@@H]([C@H](C)c2ccccc2)O1. The molecule has 0 fully saturated rings. The molecule has 3 nitrogen and oxygen atoms in total. The van der Waals surface area contributed by atoms with Crippen LogP contribution in [0.1, 0.15) is 25.3 Å². The Morgan fingerprint density at radius 2 is 1.88 bits per heavy atom. The van der Waals surface area contributed by atoms with E-state index in [2.05, 4.69) is 0 Å². The summed E-state index contributed by atoms with van der Waals surface area (Å²) in [6.45, 7) is 3.73. The van der Waals surface area contributed by atoms with E-state index in [-0.39, 0.29) is 11.9 Å². The first-order valence-corrected chi connectivity index (χ1v) is 5.27. The molecule has 1 aromatic rings. The Labute approximate surface area is 94.7 Å². The van der Waals surface area contributed by atoms with Gasteiger partial charge < -0.3 is 9.47 Å². The van der Waals surface area contributed by atoms with Crippen LogP contribution in [0.3, 0.4) is 0 Å². The molecule has 0 unspecified atom stereocenters. The Hall–Kier alpha value is -1.77. The molecule has 0 bridgehead atoms. The number of hydrogen-bond acceptors (Lipinski definition) is 3. The van der Waals surface area contributed by atoms with Gasteiger partial charge in [0.2, 0.25) is 0 Å². The second-order valence-electron chi connectivity index (χ2n) is 3.88. The molecule has 0 aromatic heterocycles. The molecule has 2 rings (SSSR count). The standard InChI is InChI=1S/C13H14O3/c1-9-8-12(14)16-13(15-9)10(2)11-6-4-3-5-7-11/h3-8,10,13H,1-2H3/t10-,13+/m1/s1. The Morgan fingerprint density at radius 1 is 1.19 bits per heavy atom. The topological polar surface area (TPSA) is 35.5 Å². The molecule has 84 valence electrons. The first kappa shape index (κ1) is 10.7. The molecule has 0 saturated heterocycles. The first-order valence-electron chi connectivity index (χ1n) is 5.27. The van der Waals surface area contributed by atoms with E-state index in [0.29, 0.717) is 5.76 Å². The third-order valence-electron chi connectivity index (χ3n) is 2.59. The highest BCUT2D eigenvalue weighted by Gasteiger charge is 2.27. The number of ether oxygens (including phenoxy) is 2. The van der Waals surface area contributed by atoms with Crippen molar-refractivity contribution in [3.05, 3.63) is 47.7 Å². The summed E-state index contributed by atoms with van der Waals surface area (Å²) in [6, 6.07) is 9.86. The second-order valence-corrected chi connectivity index (χ2v) is 3.88. The fourth-order valence-corrected chi connectivity index (χ4v) is 1.67. The van der Waals surface area contributed by atoms with Crippen molar-refractivity contribution in [2.24, 2.45) is 0 Å². The summed E-state index contributed by atoms with van der Waals surface area (Å²) >= 11 is 0. The molecule has 0 aliphatic carbocycles. The number of cyclic esters (lactones) is 1. The van der Waals surface area contributed by atoms with Gasteiger partial charge in [0.25, 0.3) is 6.29 Å². The van der Waals surface area contributed by atoms with Gasteiger partial charge in [0.15, 0.2) is 0 Å². The minimum atomic E-state index is -0.528. The molecule has 1 aliphatic rings. The Balaban J connectivity index is 2.15. The first-order chi connectivity index (χ1) is 7.66. The lowest BCUT2D eigenvalue weighted by Crippen LogP contribution is -2.29. The Bertz CT molecular complexity index is 408. The van der Waals surface area contributed by atoms with Crippen LogP contribution in [-0.4, -0.2) is 12.3 Å². The maximum absolute atomic E-state index is 11.2. The van der Waals surface area contributed by atoms with Crippen LogP contribution in [0.25, 0.3) is 0 Å². The summed E-state index contributed by atoms with van der Waals surface area (Å²) in [7, 11) is 0. The van der Waals surface area contributed by atoms with Gasteiger partial charge in [-0.3, -0.25) is 0 Å². The van der Waals surface area contributed by atoms with Crippen LogP contribution < -0.4 is 0 Å². The van der Waals surface area contributed by atoms with Crippen LogP contribution in [0.15, 0.2) is 42.2 Å². The van der Waals surface area contributed by atoms with Crippen molar-refractivity contribution in [2.75, 3.05) is 0 Å². The third-order valence-corrected chi connectivity index (χ3v) is 2.59. The van der Waals surface area contributed by atoms with Crippen molar-refractivity contribution in [3.63, 3.8) is 0 Å². The van der Waals surface area contributed by atoms with Gasteiger partial charge in [-0.2, -0.15) is 0 Å². The molecule has 0 radical (unpaired) electrons. The molecule has 1 aromatic carbocycles. The lowest BCUT2D eigenvalue weighted by molar-refractivity contribution is -0.175. The Kier molecular flexibility index (Phi) is 2.95. The number of allylic oxidation sites excluding steroid dienone is 1. The number of esters is 1. The van der Waals surface area contributed by atoms with E-state index in [1.54, 1.807) is 6.92 Å². The van der Waals surface area contributed by atoms with Crippen LogP contribution in [0.5, 0.6) is 0 Å². The zero-order chi connectivity index (χ0) is 11.5. The van der Waals surface area contributed by atoms with E-state index in [1.807, 2.05) is 37.3 Å². The summed E-state index contributed by atoms with van der Waals surface area (Å²) in [5.74, 6) is 0.286. The highest BCUT2D eigenvalue weighted by Crippen LogP contribution is 2.26.